The molecule has 48 valence electrons. The molecule has 0 bridgehead atoms. The van der Waals surface area contributed by atoms with Crippen molar-refractivity contribution in [2.75, 3.05) is 0 Å². The summed E-state index contributed by atoms with van der Waals surface area (Å²) in [5.41, 5.74) is 0. The fraction of sp³-hybridized carbons (Fsp3) is 1.00. The zero-order chi connectivity index (χ0) is 0. The predicted octanol–water partition coefficient (Wildman–Crippen LogP) is 2.54. The van der Waals surface area contributed by atoms with E-state index in [-0.39, 0.29) is 69.3 Å². The predicted molar refractivity (Wildman–Crippen MR) is 26.9 cm³/mol. The maximum Gasteiger partial charge on any atom is 0 e. The van der Waals surface area contributed by atoms with Gasteiger partial charge in [-0.1, -0.05) is 29.7 Å². The van der Waals surface area contributed by atoms with Gasteiger partial charge in [-0.2, -0.15) is 0 Å². The molecule has 0 N–H and O–H groups in total. The fourth-order valence-electron chi connectivity index (χ4n) is 0. The monoisotopic (exact) mass is 448 g/mol. The molecule has 0 aromatic rings. The average Bonchev–Trinajstić information content (AvgIpc) is 0. The van der Waals surface area contributed by atoms with Crippen LogP contribution in [-0.4, -0.2) is 0 Å². The third-order valence-electron chi connectivity index (χ3n) is 0. The van der Waals surface area contributed by atoms with Crippen molar-refractivity contribution >= 4 is 0 Å². The van der Waals surface area contributed by atoms with Gasteiger partial charge >= 0.3 is 0 Å². The van der Waals surface area contributed by atoms with Crippen LogP contribution in [0.4, 0.5) is 0 Å². The van der Waals surface area contributed by atoms with E-state index in [0.29, 0.717) is 0 Å². The number of hydrogen-bond acceptors (Lipinski definition) is 0. The van der Waals surface area contributed by atoms with Gasteiger partial charge < -0.3 is 0 Å². The molecule has 0 unspecified atom stereocenters. The topological polar surface area (TPSA) is 0 Å². The molecule has 0 aliphatic heterocycles. The molecule has 0 heterocycles. The van der Waals surface area contributed by atoms with Gasteiger partial charge in [0.1, 0.15) is 0 Å². The van der Waals surface area contributed by atoms with Crippen LogP contribution >= 0.6 is 0 Å². The van der Waals surface area contributed by atoms with Gasteiger partial charge in [-0.25, -0.2) is 0 Å². The summed E-state index contributed by atoms with van der Waals surface area (Å²) < 4.78 is 0. The molecule has 0 spiro atoms. The Labute approximate surface area is 69.2 Å². The van der Waals surface area contributed by atoms with Crippen molar-refractivity contribution in [2.24, 2.45) is 0 Å². The normalized spacial score (nSPS) is 0. The summed E-state index contributed by atoms with van der Waals surface area (Å²) in [7, 11) is 0. The molecule has 0 amide bonds. The molecule has 0 fully saturated rings. The van der Waals surface area contributed by atoms with Gasteiger partial charge in [-0.15, -0.1) is 0 Å². The second kappa shape index (κ2) is 108. The van der Waals surface area contributed by atoms with Crippen LogP contribution < -0.4 is 0 Å². The van der Waals surface area contributed by atoms with Crippen LogP contribution in [0.2, 0.25) is 0 Å². The van der Waals surface area contributed by atoms with Crippen molar-refractivity contribution in [1.29, 1.82) is 0 Å². The Hall–Kier alpha value is 1.27. The van der Waals surface area contributed by atoms with E-state index in [0.717, 1.165) is 0 Å². The summed E-state index contributed by atoms with van der Waals surface area (Å²) in [5.74, 6) is 0. The van der Waals surface area contributed by atoms with Gasteiger partial charge in [0.05, 0.1) is 0 Å². The molecular formula is C4H16Os2. The van der Waals surface area contributed by atoms with Gasteiger partial charge in [0.15, 0.2) is 0 Å². The van der Waals surface area contributed by atoms with Gasteiger partial charge in [0, 0.05) is 39.6 Å². The van der Waals surface area contributed by atoms with Crippen molar-refractivity contribution in [1.82, 2.24) is 0 Å². The van der Waals surface area contributed by atoms with Crippen LogP contribution in [0.25, 0.3) is 0 Å². The van der Waals surface area contributed by atoms with Crippen LogP contribution in [0.5, 0.6) is 0 Å². The van der Waals surface area contributed by atoms with Gasteiger partial charge in [0.2, 0.25) is 0 Å². The second-order valence-corrected chi connectivity index (χ2v) is 0. The molecule has 6 heavy (non-hydrogen) atoms. The van der Waals surface area contributed by atoms with Crippen molar-refractivity contribution in [3.05, 3.63) is 0 Å². The number of rotatable bonds is 0. The van der Waals surface area contributed by atoms with Crippen LogP contribution in [0, 0.1) is 0 Å². The van der Waals surface area contributed by atoms with Crippen LogP contribution in [0.3, 0.4) is 0 Å². The summed E-state index contributed by atoms with van der Waals surface area (Å²) in [6, 6.07) is 0. The first-order valence-electron chi connectivity index (χ1n) is 0. The van der Waals surface area contributed by atoms with Crippen LogP contribution in [0.1, 0.15) is 29.7 Å². The van der Waals surface area contributed by atoms with Gasteiger partial charge in [0.25, 0.3) is 0 Å². The zero-order valence-corrected chi connectivity index (χ0v) is 5.79. The second-order valence-electron chi connectivity index (χ2n) is 0. The summed E-state index contributed by atoms with van der Waals surface area (Å²) in [4.78, 5) is 0. The third kappa shape index (κ3) is 59.4. The van der Waals surface area contributed by atoms with E-state index in [4.69, 9.17) is 0 Å². The summed E-state index contributed by atoms with van der Waals surface area (Å²) in [6.07, 6.45) is 0. The van der Waals surface area contributed by atoms with Gasteiger partial charge in [-0.05, 0) is 0 Å². The summed E-state index contributed by atoms with van der Waals surface area (Å²) >= 11 is 0. The molecule has 0 saturated heterocycles. The molecule has 0 aromatic carbocycles. The Morgan fingerprint density at radius 2 is 0.333 bits per heavy atom. The van der Waals surface area contributed by atoms with E-state index >= 15 is 0 Å². The van der Waals surface area contributed by atoms with E-state index in [1.54, 1.807) is 0 Å². The van der Waals surface area contributed by atoms with Crippen LogP contribution in [-0.2, 0) is 39.6 Å². The Kier molecular flexibility index (Phi) is 3170. The van der Waals surface area contributed by atoms with E-state index in [2.05, 4.69) is 0 Å². The first-order chi connectivity index (χ1) is 0. The zero-order valence-electron chi connectivity index (χ0n) is 0.707. The molecule has 0 radical (unpaired) electrons. The molecule has 0 aliphatic rings. The molecule has 0 aromatic heterocycles. The standard InChI is InChI=1S/4CH4.2Os/h4*1H4;;. The fourth-order valence-corrected chi connectivity index (χ4v) is 0. The Morgan fingerprint density at radius 1 is 0.333 bits per heavy atom. The minimum absolute atomic E-state index is 0. The Morgan fingerprint density at radius 3 is 0.333 bits per heavy atom. The first-order valence-corrected chi connectivity index (χ1v) is 0. The molecular weight excluding hydrogens is 429 g/mol. The maximum atomic E-state index is 0. The largest absolute Gasteiger partial charge is 0.0776 e. The minimum atomic E-state index is 0. The van der Waals surface area contributed by atoms with Crippen molar-refractivity contribution in [3.63, 3.8) is 0 Å². The molecule has 0 atom stereocenters. The molecule has 0 rings (SSSR count). The Balaban J connectivity index is 0. The third-order valence-corrected chi connectivity index (χ3v) is 0. The van der Waals surface area contributed by atoms with E-state index < -0.39 is 0 Å². The Bertz CT molecular complexity index is 5.51. The SMILES string of the molecule is C.C.C.C.[Os].[Os]. The summed E-state index contributed by atoms with van der Waals surface area (Å²) in [5, 5.41) is 0. The molecule has 0 saturated carbocycles. The van der Waals surface area contributed by atoms with E-state index in [1.165, 1.54) is 0 Å². The van der Waals surface area contributed by atoms with E-state index in [1.807, 2.05) is 0 Å². The molecule has 2 heteroatoms. The maximum absolute atomic E-state index is 0. The van der Waals surface area contributed by atoms with Gasteiger partial charge in [-0.3, -0.25) is 0 Å². The average molecular weight is 445 g/mol. The molecule has 0 aliphatic carbocycles. The summed E-state index contributed by atoms with van der Waals surface area (Å²) in [6.45, 7) is 0. The number of hydrogen-bond donors (Lipinski definition) is 0. The van der Waals surface area contributed by atoms with Crippen molar-refractivity contribution in [2.45, 2.75) is 29.7 Å². The minimum Gasteiger partial charge on any atom is -0.0776 e. The van der Waals surface area contributed by atoms with Crippen molar-refractivity contribution in [3.8, 4) is 0 Å². The quantitative estimate of drug-likeness (QED) is 0.539. The molecule has 0 nitrogen and oxygen atoms in total. The van der Waals surface area contributed by atoms with Crippen molar-refractivity contribution < 1.29 is 39.6 Å². The van der Waals surface area contributed by atoms with E-state index in [9.17, 15) is 0 Å². The first kappa shape index (κ1) is 177. The smallest absolute Gasteiger partial charge is 0 e. The van der Waals surface area contributed by atoms with Crippen LogP contribution in [0.15, 0.2) is 0 Å².